The molecule has 0 atom stereocenters. The van der Waals surface area contributed by atoms with Crippen molar-refractivity contribution in [2.45, 2.75) is 117 Å². The summed E-state index contributed by atoms with van der Waals surface area (Å²) in [6, 6.07) is 0. The van der Waals surface area contributed by atoms with E-state index in [9.17, 15) is 0 Å². The lowest BCUT2D eigenvalue weighted by atomic mass is 10.1. The van der Waals surface area contributed by atoms with Gasteiger partial charge in [0, 0.05) is 20.1 Å². The van der Waals surface area contributed by atoms with Gasteiger partial charge in [0.15, 0.2) is 0 Å². The van der Waals surface area contributed by atoms with Crippen molar-refractivity contribution >= 4 is 0 Å². The lowest BCUT2D eigenvalue weighted by Gasteiger charge is -2.24. The average Bonchev–Trinajstić information content (AvgIpc) is 2.69. The highest BCUT2D eigenvalue weighted by atomic mass is 16.9. The van der Waals surface area contributed by atoms with Crippen LogP contribution in [0.15, 0.2) is 0 Å². The Bertz CT molecular complexity index is 257. The second-order valence-electron chi connectivity index (χ2n) is 7.95. The molecule has 0 bridgehead atoms. The van der Waals surface area contributed by atoms with Crippen LogP contribution in [0.3, 0.4) is 0 Å². The van der Waals surface area contributed by atoms with Gasteiger partial charge < -0.3 is 0 Å². The zero-order valence-corrected chi connectivity index (χ0v) is 19.1. The SMILES string of the molecule is CCCCCCCCCCN(CCCCCCCCCC)CON(C)OC. The van der Waals surface area contributed by atoms with Crippen molar-refractivity contribution < 1.29 is 9.68 Å². The van der Waals surface area contributed by atoms with E-state index in [0.29, 0.717) is 6.73 Å². The van der Waals surface area contributed by atoms with Crippen molar-refractivity contribution in [1.29, 1.82) is 0 Å². The molecule has 0 aliphatic carbocycles. The monoisotopic (exact) mass is 386 g/mol. The summed E-state index contributed by atoms with van der Waals surface area (Å²) in [6.45, 7) is 7.48. The van der Waals surface area contributed by atoms with Gasteiger partial charge in [-0.25, -0.2) is 0 Å². The standard InChI is InChI=1S/C23H50N2O2/c1-5-7-9-11-13-15-17-19-21-25(23-27-24(3)26-4)22-20-18-16-14-12-10-8-6-2/h5-23H2,1-4H3. The Labute approximate surface area is 170 Å². The van der Waals surface area contributed by atoms with Crippen LogP contribution < -0.4 is 0 Å². The quantitative estimate of drug-likeness (QED) is 0.114. The third-order valence-electron chi connectivity index (χ3n) is 5.34. The molecule has 0 rings (SSSR count). The van der Waals surface area contributed by atoms with Crippen LogP contribution in [0.2, 0.25) is 0 Å². The fourth-order valence-corrected chi connectivity index (χ4v) is 3.40. The van der Waals surface area contributed by atoms with Gasteiger partial charge >= 0.3 is 0 Å². The predicted octanol–water partition coefficient (Wildman–Crippen LogP) is 6.95. The lowest BCUT2D eigenvalue weighted by Crippen LogP contribution is -2.32. The molecule has 0 saturated carbocycles. The summed E-state index contributed by atoms with van der Waals surface area (Å²) in [6.07, 6.45) is 22.0. The van der Waals surface area contributed by atoms with Gasteiger partial charge in [-0.3, -0.25) is 14.6 Å². The van der Waals surface area contributed by atoms with Crippen molar-refractivity contribution in [3.8, 4) is 0 Å². The molecule has 0 fully saturated rings. The molecule has 164 valence electrons. The first-order chi connectivity index (χ1) is 13.2. The fraction of sp³-hybridized carbons (Fsp3) is 1.00. The minimum Gasteiger partial charge on any atom is -0.279 e. The smallest absolute Gasteiger partial charge is 0.124 e. The summed E-state index contributed by atoms with van der Waals surface area (Å²) < 4.78 is 0. The fourth-order valence-electron chi connectivity index (χ4n) is 3.40. The van der Waals surface area contributed by atoms with Crippen LogP contribution in [-0.4, -0.2) is 44.1 Å². The highest BCUT2D eigenvalue weighted by Gasteiger charge is 2.07. The molecule has 0 radical (unpaired) electrons. The third kappa shape index (κ3) is 20.4. The van der Waals surface area contributed by atoms with Gasteiger partial charge in [-0.1, -0.05) is 109 Å². The topological polar surface area (TPSA) is 24.9 Å². The summed E-state index contributed by atoms with van der Waals surface area (Å²) in [5, 5.41) is 1.45. The van der Waals surface area contributed by atoms with E-state index in [0.717, 1.165) is 13.1 Å². The average molecular weight is 387 g/mol. The van der Waals surface area contributed by atoms with Crippen molar-refractivity contribution in [1.82, 2.24) is 10.1 Å². The van der Waals surface area contributed by atoms with Gasteiger partial charge in [0.2, 0.25) is 0 Å². The molecule has 27 heavy (non-hydrogen) atoms. The van der Waals surface area contributed by atoms with Crippen LogP contribution in [0.1, 0.15) is 117 Å². The van der Waals surface area contributed by atoms with Crippen LogP contribution in [0.5, 0.6) is 0 Å². The maximum absolute atomic E-state index is 5.64. The molecule has 0 aromatic carbocycles. The van der Waals surface area contributed by atoms with Gasteiger partial charge in [-0.2, -0.15) is 0 Å². The minimum absolute atomic E-state index is 0.636. The molecular formula is C23H50N2O2. The molecule has 0 aliphatic rings. The normalized spacial score (nSPS) is 11.8. The summed E-state index contributed by atoms with van der Waals surface area (Å²) in [5.41, 5.74) is 0. The van der Waals surface area contributed by atoms with Gasteiger partial charge in [0.1, 0.15) is 6.73 Å². The summed E-state index contributed by atoms with van der Waals surface area (Å²) in [4.78, 5) is 13.1. The van der Waals surface area contributed by atoms with E-state index < -0.39 is 0 Å². The molecule has 0 spiro atoms. The number of unbranched alkanes of at least 4 members (excludes halogenated alkanes) is 14. The van der Waals surface area contributed by atoms with Gasteiger partial charge in [0.25, 0.3) is 0 Å². The Kier molecular flexibility index (Phi) is 22.0. The minimum atomic E-state index is 0.636. The van der Waals surface area contributed by atoms with Gasteiger partial charge in [-0.05, 0) is 12.8 Å². The molecule has 0 heterocycles. The molecule has 0 N–H and O–H groups in total. The van der Waals surface area contributed by atoms with Crippen molar-refractivity contribution in [3.05, 3.63) is 0 Å². The highest BCUT2D eigenvalue weighted by Crippen LogP contribution is 2.11. The largest absolute Gasteiger partial charge is 0.279 e. The molecule has 4 nitrogen and oxygen atoms in total. The molecule has 0 aromatic rings. The Morgan fingerprint density at radius 3 is 1.30 bits per heavy atom. The molecule has 0 unspecified atom stereocenters. The lowest BCUT2D eigenvalue weighted by molar-refractivity contribution is -0.353. The zero-order valence-electron chi connectivity index (χ0n) is 19.1. The van der Waals surface area contributed by atoms with Crippen LogP contribution in [0, 0.1) is 0 Å². The number of hydrogen-bond donors (Lipinski definition) is 0. The van der Waals surface area contributed by atoms with Gasteiger partial charge in [-0.15, -0.1) is 0 Å². The van der Waals surface area contributed by atoms with E-state index in [-0.39, 0.29) is 0 Å². The van der Waals surface area contributed by atoms with Gasteiger partial charge in [0.05, 0.1) is 7.11 Å². The summed E-state index contributed by atoms with van der Waals surface area (Å²) in [5.74, 6) is 0. The first-order valence-electron chi connectivity index (χ1n) is 11.9. The van der Waals surface area contributed by atoms with E-state index in [1.165, 1.54) is 108 Å². The maximum atomic E-state index is 5.64. The number of hydroxylamine groups is 2. The van der Waals surface area contributed by atoms with E-state index >= 15 is 0 Å². The van der Waals surface area contributed by atoms with E-state index in [1.54, 1.807) is 7.11 Å². The van der Waals surface area contributed by atoms with Crippen LogP contribution in [-0.2, 0) is 9.68 Å². The number of hydrogen-bond acceptors (Lipinski definition) is 4. The Hall–Kier alpha value is -0.160. The molecule has 4 heteroatoms. The van der Waals surface area contributed by atoms with Crippen LogP contribution >= 0.6 is 0 Å². The van der Waals surface area contributed by atoms with E-state index in [4.69, 9.17) is 9.68 Å². The van der Waals surface area contributed by atoms with E-state index in [2.05, 4.69) is 18.7 Å². The van der Waals surface area contributed by atoms with Crippen molar-refractivity contribution in [2.24, 2.45) is 0 Å². The van der Waals surface area contributed by atoms with Crippen LogP contribution in [0.4, 0.5) is 0 Å². The second-order valence-corrected chi connectivity index (χ2v) is 7.95. The Morgan fingerprint density at radius 2 is 0.926 bits per heavy atom. The Morgan fingerprint density at radius 1 is 0.556 bits per heavy atom. The summed E-state index contributed by atoms with van der Waals surface area (Å²) in [7, 11) is 3.45. The number of nitrogens with zero attached hydrogens (tertiary/aromatic N) is 2. The molecule has 0 aliphatic heterocycles. The Balaban J connectivity index is 3.77. The molecule has 0 saturated heterocycles. The molecule has 0 amide bonds. The molecule has 0 aromatic heterocycles. The summed E-state index contributed by atoms with van der Waals surface area (Å²) >= 11 is 0. The second kappa shape index (κ2) is 22.1. The van der Waals surface area contributed by atoms with Crippen molar-refractivity contribution in [3.63, 3.8) is 0 Å². The maximum Gasteiger partial charge on any atom is 0.124 e. The van der Waals surface area contributed by atoms with Crippen molar-refractivity contribution in [2.75, 3.05) is 34.0 Å². The zero-order chi connectivity index (χ0) is 20.0. The predicted molar refractivity (Wildman–Crippen MR) is 118 cm³/mol. The molecular weight excluding hydrogens is 336 g/mol. The first-order valence-corrected chi connectivity index (χ1v) is 11.9. The number of rotatable bonds is 22. The third-order valence-corrected chi connectivity index (χ3v) is 5.34. The van der Waals surface area contributed by atoms with E-state index in [1.807, 2.05) is 7.05 Å². The highest BCUT2D eigenvalue weighted by molar-refractivity contribution is 4.56. The van der Waals surface area contributed by atoms with Crippen LogP contribution in [0.25, 0.3) is 0 Å². The first kappa shape index (κ1) is 26.8.